The molecular formula is C16H12N6OS2. The van der Waals surface area contributed by atoms with Gasteiger partial charge >= 0.3 is 0 Å². The molecule has 2 aromatic heterocycles. The van der Waals surface area contributed by atoms with E-state index in [0.717, 1.165) is 23.0 Å². The van der Waals surface area contributed by atoms with Crippen molar-refractivity contribution in [1.29, 1.82) is 5.26 Å². The molecule has 0 atom stereocenters. The number of anilines is 2. The van der Waals surface area contributed by atoms with Gasteiger partial charge in [0.05, 0.1) is 17.6 Å². The number of carbonyl (C=O) groups is 1. The minimum Gasteiger partial charge on any atom is -0.382 e. The van der Waals surface area contributed by atoms with Crippen molar-refractivity contribution in [2.45, 2.75) is 5.16 Å². The third kappa shape index (κ3) is 4.32. The van der Waals surface area contributed by atoms with Crippen molar-refractivity contribution in [3.05, 3.63) is 47.5 Å². The number of carbonyl (C=O) groups excluding carboxylic acids is 1. The molecule has 1 aromatic carbocycles. The van der Waals surface area contributed by atoms with Gasteiger partial charge in [-0.2, -0.15) is 5.26 Å². The lowest BCUT2D eigenvalue weighted by molar-refractivity contribution is -0.113. The summed E-state index contributed by atoms with van der Waals surface area (Å²) in [5.74, 6) is 0.00400. The van der Waals surface area contributed by atoms with Gasteiger partial charge in [0.15, 0.2) is 10.3 Å². The topological polar surface area (TPSA) is 118 Å². The standard InChI is InChI=1S/C16H12N6OS2/c17-6-11-7-19-15(22-14(11)18)25-9-13(23)21-16-20-12(8-24-16)10-4-2-1-3-5-10/h1-5,7-8H,9H2,(H2,18,19,22)(H,20,21,23). The highest BCUT2D eigenvalue weighted by Crippen LogP contribution is 2.25. The summed E-state index contributed by atoms with van der Waals surface area (Å²) in [7, 11) is 0. The number of thiazole rings is 1. The Labute approximate surface area is 152 Å². The molecular weight excluding hydrogens is 356 g/mol. The maximum atomic E-state index is 12.0. The molecule has 0 unspecified atom stereocenters. The molecule has 3 N–H and O–H groups in total. The summed E-state index contributed by atoms with van der Waals surface area (Å²) in [4.78, 5) is 24.4. The molecule has 2 heterocycles. The smallest absolute Gasteiger partial charge is 0.236 e. The van der Waals surface area contributed by atoms with Crippen molar-refractivity contribution in [3.63, 3.8) is 0 Å². The summed E-state index contributed by atoms with van der Waals surface area (Å²) >= 11 is 2.50. The molecule has 7 nitrogen and oxygen atoms in total. The van der Waals surface area contributed by atoms with E-state index in [9.17, 15) is 4.79 Å². The quantitative estimate of drug-likeness (QED) is 0.525. The third-order valence-electron chi connectivity index (χ3n) is 3.07. The number of nitrogens with one attached hydrogen (secondary N) is 1. The Morgan fingerprint density at radius 2 is 2.12 bits per heavy atom. The average molecular weight is 368 g/mol. The lowest BCUT2D eigenvalue weighted by Crippen LogP contribution is -2.14. The van der Waals surface area contributed by atoms with Crippen LogP contribution < -0.4 is 11.1 Å². The molecule has 3 rings (SSSR count). The predicted octanol–water partition coefficient (Wildman–Crippen LogP) is 2.78. The van der Waals surface area contributed by atoms with Crippen molar-refractivity contribution in [2.75, 3.05) is 16.8 Å². The predicted molar refractivity (Wildman–Crippen MR) is 98.1 cm³/mol. The van der Waals surface area contributed by atoms with Gasteiger partial charge in [-0.05, 0) is 0 Å². The Hall–Kier alpha value is -2.96. The number of nitrogens with zero attached hydrogens (tertiary/aromatic N) is 4. The second kappa shape index (κ2) is 7.74. The van der Waals surface area contributed by atoms with Crippen LogP contribution in [0.15, 0.2) is 47.1 Å². The largest absolute Gasteiger partial charge is 0.382 e. The van der Waals surface area contributed by atoms with Gasteiger partial charge in [-0.1, -0.05) is 42.1 Å². The van der Waals surface area contributed by atoms with Crippen LogP contribution in [0.5, 0.6) is 0 Å². The highest BCUT2D eigenvalue weighted by molar-refractivity contribution is 7.99. The zero-order valence-electron chi connectivity index (χ0n) is 12.8. The maximum Gasteiger partial charge on any atom is 0.236 e. The molecule has 3 aromatic rings. The number of nitriles is 1. The molecule has 1 amide bonds. The lowest BCUT2D eigenvalue weighted by Gasteiger charge is -2.02. The van der Waals surface area contributed by atoms with Crippen LogP contribution in [-0.2, 0) is 4.79 Å². The van der Waals surface area contributed by atoms with Crippen molar-refractivity contribution < 1.29 is 4.79 Å². The fourth-order valence-corrected chi connectivity index (χ4v) is 3.25. The SMILES string of the molecule is N#Cc1cnc(SCC(=O)Nc2nc(-c3ccccc3)cs2)nc1N. The number of amides is 1. The van der Waals surface area contributed by atoms with E-state index in [0.29, 0.717) is 10.3 Å². The van der Waals surface area contributed by atoms with Gasteiger partial charge in [0.25, 0.3) is 0 Å². The zero-order chi connectivity index (χ0) is 17.6. The molecule has 0 saturated heterocycles. The van der Waals surface area contributed by atoms with E-state index in [1.165, 1.54) is 17.5 Å². The molecule has 9 heteroatoms. The third-order valence-corrected chi connectivity index (χ3v) is 4.69. The summed E-state index contributed by atoms with van der Waals surface area (Å²) in [6, 6.07) is 11.6. The van der Waals surface area contributed by atoms with E-state index in [4.69, 9.17) is 11.0 Å². The summed E-state index contributed by atoms with van der Waals surface area (Å²) in [5, 5.41) is 14.3. The summed E-state index contributed by atoms with van der Waals surface area (Å²) < 4.78 is 0. The molecule has 0 aliphatic rings. The second-order valence-corrected chi connectivity index (χ2v) is 6.60. The molecule has 0 aliphatic heterocycles. The van der Waals surface area contributed by atoms with E-state index in [2.05, 4.69) is 20.3 Å². The van der Waals surface area contributed by atoms with Crippen LogP contribution in [0.4, 0.5) is 10.9 Å². The molecule has 0 aliphatic carbocycles. The molecule has 0 spiro atoms. The molecule has 0 bridgehead atoms. The molecule has 25 heavy (non-hydrogen) atoms. The normalized spacial score (nSPS) is 10.2. The number of aromatic nitrogens is 3. The summed E-state index contributed by atoms with van der Waals surface area (Å²) in [6.07, 6.45) is 1.34. The average Bonchev–Trinajstić information content (AvgIpc) is 3.09. The van der Waals surface area contributed by atoms with Crippen molar-refractivity contribution in [3.8, 4) is 17.3 Å². The van der Waals surface area contributed by atoms with Crippen LogP contribution >= 0.6 is 23.1 Å². The first kappa shape index (κ1) is 16.9. The van der Waals surface area contributed by atoms with E-state index < -0.39 is 0 Å². The number of nitrogens with two attached hydrogens (primary N) is 1. The second-order valence-electron chi connectivity index (χ2n) is 4.80. The van der Waals surface area contributed by atoms with Crippen molar-refractivity contribution in [2.24, 2.45) is 0 Å². The van der Waals surface area contributed by atoms with Gasteiger partial charge < -0.3 is 11.1 Å². The number of hydrogen-bond acceptors (Lipinski definition) is 8. The van der Waals surface area contributed by atoms with E-state index in [1.54, 1.807) is 0 Å². The zero-order valence-corrected chi connectivity index (χ0v) is 14.5. The fraction of sp³-hybridized carbons (Fsp3) is 0.0625. The van der Waals surface area contributed by atoms with E-state index in [-0.39, 0.29) is 23.0 Å². The number of hydrogen-bond donors (Lipinski definition) is 2. The Balaban J connectivity index is 1.57. The lowest BCUT2D eigenvalue weighted by atomic mass is 10.2. The van der Waals surface area contributed by atoms with Crippen LogP contribution in [0.25, 0.3) is 11.3 Å². The van der Waals surface area contributed by atoms with Crippen LogP contribution in [-0.4, -0.2) is 26.6 Å². The van der Waals surface area contributed by atoms with Crippen LogP contribution in [0.2, 0.25) is 0 Å². The molecule has 0 saturated carbocycles. The van der Waals surface area contributed by atoms with Gasteiger partial charge in [0, 0.05) is 10.9 Å². The maximum absolute atomic E-state index is 12.0. The number of nitrogen functional groups attached to an aromatic ring is 1. The summed E-state index contributed by atoms with van der Waals surface area (Å²) in [6.45, 7) is 0. The fourth-order valence-electron chi connectivity index (χ4n) is 1.89. The van der Waals surface area contributed by atoms with E-state index >= 15 is 0 Å². The first-order chi connectivity index (χ1) is 12.2. The van der Waals surface area contributed by atoms with Crippen LogP contribution in [0.1, 0.15) is 5.56 Å². The molecule has 0 fully saturated rings. The van der Waals surface area contributed by atoms with Crippen molar-refractivity contribution >= 4 is 40.0 Å². The first-order valence-electron chi connectivity index (χ1n) is 7.12. The van der Waals surface area contributed by atoms with Gasteiger partial charge in [0.1, 0.15) is 17.5 Å². The highest BCUT2D eigenvalue weighted by Gasteiger charge is 2.10. The molecule has 124 valence electrons. The Morgan fingerprint density at radius 3 is 2.84 bits per heavy atom. The first-order valence-corrected chi connectivity index (χ1v) is 8.98. The van der Waals surface area contributed by atoms with Crippen LogP contribution in [0.3, 0.4) is 0 Å². The minimum absolute atomic E-state index is 0.104. The van der Waals surface area contributed by atoms with Crippen LogP contribution in [0, 0.1) is 11.3 Å². The Morgan fingerprint density at radius 1 is 1.32 bits per heavy atom. The minimum atomic E-state index is -0.217. The monoisotopic (exact) mass is 368 g/mol. The number of rotatable bonds is 5. The molecule has 0 radical (unpaired) electrons. The van der Waals surface area contributed by atoms with Gasteiger partial charge in [-0.3, -0.25) is 4.79 Å². The summed E-state index contributed by atoms with van der Waals surface area (Å²) in [5.41, 5.74) is 7.65. The Kier molecular flexibility index (Phi) is 5.23. The Bertz CT molecular complexity index is 935. The number of benzene rings is 1. The van der Waals surface area contributed by atoms with Crippen molar-refractivity contribution in [1.82, 2.24) is 15.0 Å². The van der Waals surface area contributed by atoms with Gasteiger partial charge in [-0.15, -0.1) is 11.3 Å². The van der Waals surface area contributed by atoms with Gasteiger partial charge in [-0.25, -0.2) is 15.0 Å². The number of thioether (sulfide) groups is 1. The van der Waals surface area contributed by atoms with Gasteiger partial charge in [0.2, 0.25) is 5.91 Å². The van der Waals surface area contributed by atoms with E-state index in [1.807, 2.05) is 41.8 Å². The highest BCUT2D eigenvalue weighted by atomic mass is 32.2.